The highest BCUT2D eigenvalue weighted by atomic mass is 32.1. The molecule has 3 rings (SSSR count). The number of allylic oxidation sites excluding steroid dienone is 1. The van der Waals surface area contributed by atoms with Gasteiger partial charge in [0.15, 0.2) is 5.76 Å². The molecule has 0 atom stereocenters. The Morgan fingerprint density at radius 3 is 2.87 bits per heavy atom. The average Bonchev–Trinajstić information content (AvgIpc) is 3.19. The van der Waals surface area contributed by atoms with E-state index in [-0.39, 0.29) is 29.2 Å². The predicted molar refractivity (Wildman–Crippen MR) is 118 cm³/mol. The third-order valence-electron chi connectivity index (χ3n) is 4.77. The first-order valence-electron chi connectivity index (χ1n) is 9.61. The minimum atomic E-state index is -0.749. The molecule has 1 aliphatic heterocycles. The largest absolute Gasteiger partial charge is 0.488 e. The van der Waals surface area contributed by atoms with Gasteiger partial charge in [-0.05, 0) is 38.0 Å². The zero-order valence-corrected chi connectivity index (χ0v) is 18.0. The number of amides is 1. The quantitative estimate of drug-likeness (QED) is 0.534. The van der Waals surface area contributed by atoms with E-state index in [0.29, 0.717) is 29.6 Å². The van der Waals surface area contributed by atoms with Gasteiger partial charge in [0, 0.05) is 31.5 Å². The van der Waals surface area contributed by atoms with Crippen molar-refractivity contribution in [3.05, 3.63) is 34.5 Å². The summed E-state index contributed by atoms with van der Waals surface area (Å²) in [5, 5.41) is 20.2. The van der Waals surface area contributed by atoms with Crippen LogP contribution in [0.5, 0.6) is 5.75 Å². The lowest BCUT2D eigenvalue weighted by atomic mass is 9.97. The number of aromatic nitrogens is 2. The number of nitrogens with zero attached hydrogens (tertiary/aromatic N) is 4. The summed E-state index contributed by atoms with van der Waals surface area (Å²) < 4.78 is 10.4. The van der Waals surface area contributed by atoms with Crippen LogP contribution < -0.4 is 26.3 Å². The second-order valence-corrected chi connectivity index (χ2v) is 7.84. The van der Waals surface area contributed by atoms with E-state index in [2.05, 4.69) is 20.5 Å². The molecule has 0 radical (unpaired) electrons. The van der Waals surface area contributed by atoms with Crippen LogP contribution in [0.4, 0.5) is 16.0 Å². The fraction of sp³-hybridized carbons (Fsp3) is 0.421. The van der Waals surface area contributed by atoms with Gasteiger partial charge in [-0.3, -0.25) is 10.1 Å². The van der Waals surface area contributed by atoms with Crippen molar-refractivity contribution in [2.24, 2.45) is 16.6 Å². The summed E-state index contributed by atoms with van der Waals surface area (Å²) in [6.07, 6.45) is 4.51. The molecular formula is C19H24N6O5S. The first-order chi connectivity index (χ1) is 14.9. The molecule has 0 saturated carbocycles. The van der Waals surface area contributed by atoms with Crippen LogP contribution in [0.3, 0.4) is 0 Å². The zero-order chi connectivity index (χ0) is 22.4. The van der Waals surface area contributed by atoms with Crippen molar-refractivity contribution in [2.45, 2.75) is 19.8 Å². The van der Waals surface area contributed by atoms with Gasteiger partial charge in [-0.25, -0.2) is 9.79 Å². The molecule has 31 heavy (non-hydrogen) atoms. The molecule has 2 aromatic heterocycles. The van der Waals surface area contributed by atoms with E-state index in [1.165, 1.54) is 19.4 Å². The number of nitrogens with one attached hydrogen (secondary N) is 1. The minimum absolute atomic E-state index is 0.0370. The van der Waals surface area contributed by atoms with Crippen molar-refractivity contribution in [1.29, 1.82) is 0 Å². The Morgan fingerprint density at radius 2 is 2.23 bits per heavy atom. The van der Waals surface area contributed by atoms with Crippen molar-refractivity contribution >= 4 is 38.9 Å². The molecule has 0 aromatic carbocycles. The van der Waals surface area contributed by atoms with E-state index >= 15 is 0 Å². The topological polar surface area (TPSA) is 156 Å². The molecule has 1 aliphatic rings. The summed E-state index contributed by atoms with van der Waals surface area (Å²) in [6, 6.07) is 1.48. The Hall–Kier alpha value is -3.25. The van der Waals surface area contributed by atoms with Gasteiger partial charge >= 0.3 is 5.63 Å². The van der Waals surface area contributed by atoms with Crippen LogP contribution in [0.2, 0.25) is 0 Å². The smallest absolute Gasteiger partial charge is 0.381 e. The highest BCUT2D eigenvalue weighted by molar-refractivity contribution is 7.18. The number of piperidine rings is 1. The molecule has 1 saturated heterocycles. The SMILES string of the molecule is COc1c(N2CCC(CO)CC2)cc(C(=O)Nc2nnc(/N=C(C)/C=C\N)s2)oc1=O. The highest BCUT2D eigenvalue weighted by Crippen LogP contribution is 2.30. The Kier molecular flexibility index (Phi) is 7.36. The molecule has 3 heterocycles. The molecule has 0 unspecified atom stereocenters. The van der Waals surface area contributed by atoms with Gasteiger partial charge in [0.25, 0.3) is 5.91 Å². The summed E-state index contributed by atoms with van der Waals surface area (Å²) in [5.41, 5.74) is 5.68. The standard InChI is InChI=1S/C19H24N6O5S/c1-11(3-6-20)21-18-23-24-19(31-18)22-16(27)14-9-13(15(29-2)17(28)30-14)25-7-4-12(10-26)5-8-25/h3,6,9,12,26H,4-5,7-8,10,20H2,1-2H3,(H,22,24,27)/b6-3-,21-11+. The molecule has 4 N–H and O–H groups in total. The van der Waals surface area contributed by atoms with Gasteiger partial charge in [0.1, 0.15) is 0 Å². The summed E-state index contributed by atoms with van der Waals surface area (Å²) in [7, 11) is 1.38. The van der Waals surface area contributed by atoms with Crippen molar-refractivity contribution in [2.75, 3.05) is 37.0 Å². The summed E-state index contributed by atoms with van der Waals surface area (Å²) in [6.45, 7) is 3.13. The number of aliphatic imine (C=N–C) groups is 1. The monoisotopic (exact) mass is 448 g/mol. The van der Waals surface area contributed by atoms with E-state index < -0.39 is 11.5 Å². The molecule has 0 bridgehead atoms. The summed E-state index contributed by atoms with van der Waals surface area (Å²) in [4.78, 5) is 31.2. The van der Waals surface area contributed by atoms with Gasteiger partial charge < -0.3 is 24.9 Å². The van der Waals surface area contributed by atoms with Crippen LogP contribution in [-0.4, -0.2) is 53.7 Å². The van der Waals surface area contributed by atoms with Crippen LogP contribution in [0.15, 0.2) is 32.5 Å². The number of hydrogen-bond acceptors (Lipinski definition) is 11. The Balaban J connectivity index is 1.80. The van der Waals surface area contributed by atoms with Gasteiger partial charge in [0.05, 0.1) is 12.8 Å². The normalized spacial score (nSPS) is 15.5. The Labute approximate surface area is 182 Å². The number of rotatable bonds is 7. The third-order valence-corrected chi connectivity index (χ3v) is 5.51. The molecule has 166 valence electrons. The highest BCUT2D eigenvalue weighted by Gasteiger charge is 2.25. The van der Waals surface area contributed by atoms with E-state index in [1.807, 2.05) is 4.90 Å². The summed E-state index contributed by atoms with van der Waals surface area (Å²) in [5.74, 6) is -0.553. The number of anilines is 2. The first kappa shape index (κ1) is 22.4. The second-order valence-electron chi connectivity index (χ2n) is 6.89. The lowest BCUT2D eigenvalue weighted by Gasteiger charge is -2.33. The minimum Gasteiger partial charge on any atom is -0.488 e. The second kappa shape index (κ2) is 10.2. The van der Waals surface area contributed by atoms with Crippen LogP contribution in [0.1, 0.15) is 30.3 Å². The Bertz CT molecular complexity index is 1040. The summed E-state index contributed by atoms with van der Waals surface area (Å²) >= 11 is 1.06. The first-order valence-corrected chi connectivity index (χ1v) is 10.4. The molecule has 1 amide bonds. The van der Waals surface area contributed by atoms with Crippen molar-refractivity contribution in [1.82, 2.24) is 10.2 Å². The van der Waals surface area contributed by atoms with Crippen molar-refractivity contribution in [3.63, 3.8) is 0 Å². The van der Waals surface area contributed by atoms with Crippen molar-refractivity contribution < 1.29 is 19.1 Å². The van der Waals surface area contributed by atoms with E-state index in [9.17, 15) is 14.7 Å². The van der Waals surface area contributed by atoms with Crippen LogP contribution in [-0.2, 0) is 0 Å². The zero-order valence-electron chi connectivity index (χ0n) is 17.2. The maximum absolute atomic E-state index is 12.7. The molecule has 2 aromatic rings. The fourth-order valence-electron chi connectivity index (χ4n) is 3.16. The maximum atomic E-state index is 12.7. The molecule has 0 aliphatic carbocycles. The van der Waals surface area contributed by atoms with Crippen LogP contribution in [0, 0.1) is 5.92 Å². The maximum Gasteiger partial charge on any atom is 0.381 e. The lowest BCUT2D eigenvalue weighted by Crippen LogP contribution is -2.35. The fourth-order valence-corrected chi connectivity index (χ4v) is 3.83. The van der Waals surface area contributed by atoms with Gasteiger partial charge in [-0.2, -0.15) is 0 Å². The molecular weight excluding hydrogens is 424 g/mol. The Morgan fingerprint density at radius 1 is 1.48 bits per heavy atom. The molecule has 1 fully saturated rings. The number of nitrogens with two attached hydrogens (primary N) is 1. The molecule has 0 spiro atoms. The average molecular weight is 449 g/mol. The predicted octanol–water partition coefficient (Wildman–Crippen LogP) is 1.53. The lowest BCUT2D eigenvalue weighted by molar-refractivity contribution is 0.0991. The number of carbonyl (C=O) groups excluding carboxylic acids is 1. The van der Waals surface area contributed by atoms with E-state index in [1.54, 1.807) is 13.0 Å². The number of methoxy groups -OCH3 is 1. The van der Waals surface area contributed by atoms with Gasteiger partial charge in [-0.15, -0.1) is 10.2 Å². The third kappa shape index (κ3) is 5.47. The van der Waals surface area contributed by atoms with Crippen LogP contribution >= 0.6 is 11.3 Å². The number of aliphatic hydroxyl groups is 1. The number of carbonyl (C=O) groups is 1. The van der Waals surface area contributed by atoms with Gasteiger partial charge in [0.2, 0.25) is 16.0 Å². The molecule has 12 heteroatoms. The van der Waals surface area contributed by atoms with Crippen LogP contribution in [0.25, 0.3) is 0 Å². The van der Waals surface area contributed by atoms with E-state index in [4.69, 9.17) is 14.9 Å². The number of aliphatic hydroxyl groups excluding tert-OH is 1. The van der Waals surface area contributed by atoms with Gasteiger partial charge in [-0.1, -0.05) is 11.3 Å². The number of hydrogen-bond donors (Lipinski definition) is 3. The van der Waals surface area contributed by atoms with E-state index in [0.717, 1.165) is 24.2 Å². The van der Waals surface area contributed by atoms with Crippen molar-refractivity contribution in [3.8, 4) is 5.75 Å². The molecule has 11 nitrogen and oxygen atoms in total. The number of ether oxygens (including phenoxy) is 1.